The number of ether oxygens (including phenoxy) is 3. The maximum atomic E-state index is 11.2. The highest BCUT2D eigenvalue weighted by molar-refractivity contribution is 6.70. The molecule has 0 aliphatic carbocycles. The summed E-state index contributed by atoms with van der Waals surface area (Å²) >= 11 is 0. The summed E-state index contributed by atoms with van der Waals surface area (Å²) in [7, 11) is 4.82. The first kappa shape index (κ1) is 29.4. The van der Waals surface area contributed by atoms with Gasteiger partial charge < -0.3 is 28.2 Å². The lowest BCUT2D eigenvalue weighted by molar-refractivity contribution is -0.131. The van der Waals surface area contributed by atoms with Crippen LogP contribution in [0.1, 0.15) is 30.0 Å². The lowest BCUT2D eigenvalue weighted by atomic mass is 9.94. The van der Waals surface area contributed by atoms with Crippen LogP contribution in [0.25, 0.3) is 6.08 Å². The monoisotopic (exact) mass is 511 g/mol. The van der Waals surface area contributed by atoms with E-state index in [1.807, 2.05) is 0 Å². The molecule has 2 unspecified atom stereocenters. The third-order valence-corrected chi connectivity index (χ3v) is 7.07. The van der Waals surface area contributed by atoms with Crippen molar-refractivity contribution in [3.63, 3.8) is 0 Å². The van der Waals surface area contributed by atoms with Crippen molar-refractivity contribution < 1.29 is 33.0 Å². The van der Waals surface area contributed by atoms with E-state index in [0.29, 0.717) is 29.2 Å². The molecule has 0 bridgehead atoms. The largest absolute Gasteiger partial charge is 0.493 e. The van der Waals surface area contributed by atoms with Gasteiger partial charge in [0.25, 0.3) is 0 Å². The molecule has 7 nitrogen and oxygen atoms in total. The van der Waals surface area contributed by atoms with Gasteiger partial charge in [-0.1, -0.05) is 6.92 Å². The second-order valence-corrected chi connectivity index (χ2v) is 19.5. The van der Waals surface area contributed by atoms with Gasteiger partial charge in [-0.3, -0.25) is 0 Å². The number of hydrogen-bond acceptors (Lipinski definition) is 6. The number of rotatable bonds is 13. The Morgan fingerprint density at radius 2 is 1.52 bits per heavy atom. The molecule has 1 N–H and O–H groups in total. The van der Waals surface area contributed by atoms with E-state index < -0.39 is 22.6 Å². The van der Waals surface area contributed by atoms with E-state index in [4.69, 9.17) is 23.1 Å². The molecular weight excluding hydrogens is 473 g/mol. The van der Waals surface area contributed by atoms with Crippen LogP contribution in [-0.4, -0.2) is 65.6 Å². The normalized spacial score (nSPS) is 14.4. The Hall–Kier alpha value is -1.60. The molecule has 0 saturated carbocycles. The predicted octanol–water partition coefficient (Wildman–Crippen LogP) is 5.08. The zero-order valence-electron chi connectivity index (χ0n) is 21.6. The molecule has 0 spiro atoms. The Kier molecular flexibility index (Phi) is 10.9. The van der Waals surface area contributed by atoms with Crippen LogP contribution >= 0.6 is 0 Å². The number of hydrogen-bond donors (Lipinski definition) is 1. The van der Waals surface area contributed by atoms with E-state index >= 15 is 0 Å². The molecule has 3 radical (unpaired) electrons. The molecule has 0 saturated heterocycles. The van der Waals surface area contributed by atoms with Crippen LogP contribution in [0.3, 0.4) is 0 Å². The lowest BCUT2D eigenvalue weighted by Gasteiger charge is -2.36. The number of aliphatic carboxylic acids is 1. The summed E-state index contributed by atoms with van der Waals surface area (Å²) in [5, 5.41) is 9.18. The maximum Gasteiger partial charge on any atom is 0.328 e. The molecule has 33 heavy (non-hydrogen) atoms. The smallest absolute Gasteiger partial charge is 0.328 e. The highest BCUT2D eigenvalue weighted by Gasteiger charge is 2.33. The molecule has 0 aromatic heterocycles. The number of carbonyl (C=O) groups is 1. The summed E-state index contributed by atoms with van der Waals surface area (Å²) in [6, 6.07) is 1.75. The van der Waals surface area contributed by atoms with E-state index in [-0.39, 0.29) is 17.7 Å². The molecule has 10 heteroatoms. The molecule has 2 atom stereocenters. The molecule has 185 valence electrons. The van der Waals surface area contributed by atoms with Gasteiger partial charge in [0, 0.05) is 27.8 Å². The molecule has 0 fully saturated rings. The Morgan fingerprint density at radius 3 is 1.91 bits per heavy atom. The first-order valence-corrected chi connectivity index (χ1v) is 18.3. The third kappa shape index (κ3) is 9.28. The van der Waals surface area contributed by atoms with Gasteiger partial charge in [-0.25, -0.2) is 4.79 Å². The molecule has 1 aromatic carbocycles. The summed E-state index contributed by atoms with van der Waals surface area (Å²) in [5.74, 6) is 0.410. The second kappa shape index (κ2) is 12.2. The summed E-state index contributed by atoms with van der Waals surface area (Å²) in [6.07, 6.45) is 2.97. The van der Waals surface area contributed by atoms with Gasteiger partial charge in [-0.2, -0.15) is 0 Å². The lowest BCUT2D eigenvalue weighted by Crippen LogP contribution is -2.43. The van der Waals surface area contributed by atoms with Crippen LogP contribution in [0.2, 0.25) is 39.3 Å². The first-order valence-electron chi connectivity index (χ1n) is 10.9. The van der Waals surface area contributed by atoms with Crippen LogP contribution in [0.4, 0.5) is 0 Å². The molecular formula is C23H39O7Si3. The Morgan fingerprint density at radius 1 is 1.00 bits per heavy atom. The Labute approximate surface area is 204 Å². The van der Waals surface area contributed by atoms with Crippen LogP contribution in [0.15, 0.2) is 12.1 Å². The zero-order chi connectivity index (χ0) is 25.6. The van der Waals surface area contributed by atoms with Gasteiger partial charge in [0.15, 0.2) is 28.1 Å². The zero-order valence-corrected chi connectivity index (χ0v) is 24.6. The van der Waals surface area contributed by atoms with Gasteiger partial charge in [-0.05, 0) is 68.9 Å². The summed E-state index contributed by atoms with van der Waals surface area (Å²) < 4.78 is 29.6. The average Bonchev–Trinajstić information content (AvgIpc) is 2.67. The van der Waals surface area contributed by atoms with Gasteiger partial charge in [-0.15, -0.1) is 0 Å². The fraction of sp³-hybridized carbons (Fsp3) is 0.609. The number of methoxy groups -OCH3 is 3. The van der Waals surface area contributed by atoms with Crippen molar-refractivity contribution in [1.82, 2.24) is 0 Å². The van der Waals surface area contributed by atoms with Gasteiger partial charge >= 0.3 is 5.97 Å². The number of carboxylic acids is 1. The maximum absolute atomic E-state index is 11.2. The van der Waals surface area contributed by atoms with Crippen molar-refractivity contribution in [1.29, 1.82) is 0 Å². The van der Waals surface area contributed by atoms with Gasteiger partial charge in [0.2, 0.25) is 5.75 Å². The van der Waals surface area contributed by atoms with E-state index in [9.17, 15) is 9.90 Å². The third-order valence-electron chi connectivity index (χ3n) is 4.67. The minimum Gasteiger partial charge on any atom is -0.493 e. The van der Waals surface area contributed by atoms with Crippen LogP contribution < -0.4 is 14.2 Å². The van der Waals surface area contributed by atoms with Gasteiger partial charge in [0.05, 0.1) is 21.3 Å². The fourth-order valence-electron chi connectivity index (χ4n) is 3.41. The first-order chi connectivity index (χ1) is 15.1. The average molecular weight is 512 g/mol. The quantitative estimate of drug-likeness (QED) is 0.225. The molecule has 0 aliphatic heterocycles. The highest BCUT2D eigenvalue weighted by atomic mass is 28.4. The van der Waals surface area contributed by atoms with Crippen molar-refractivity contribution >= 4 is 38.9 Å². The van der Waals surface area contributed by atoms with E-state index in [1.165, 1.54) is 13.2 Å². The van der Waals surface area contributed by atoms with Crippen LogP contribution in [-0.2, 0) is 13.6 Å². The number of carboxylic acid groups (broad SMARTS) is 1. The summed E-state index contributed by atoms with van der Waals surface area (Å²) in [5.41, 5.74) is 1.24. The summed E-state index contributed by atoms with van der Waals surface area (Å²) in [6.45, 7) is 15.0. The van der Waals surface area contributed by atoms with Crippen molar-refractivity contribution in [2.24, 2.45) is 5.92 Å². The Balaban J connectivity index is 3.48. The van der Waals surface area contributed by atoms with Crippen LogP contribution in [0, 0.1) is 5.92 Å². The van der Waals surface area contributed by atoms with E-state index in [1.54, 1.807) is 20.3 Å². The fourth-order valence-corrected chi connectivity index (χ4v) is 6.13. The number of benzene rings is 1. The second-order valence-electron chi connectivity index (χ2n) is 9.91. The SMILES string of the molecule is COc1cc(C=CC(=O)O)c(C([Si])CC(C)C(O[Si](C)(C)C)O[Si](C)(C)C)c(OC)c1OC. The predicted molar refractivity (Wildman–Crippen MR) is 138 cm³/mol. The highest BCUT2D eigenvalue weighted by Crippen LogP contribution is 2.46. The topological polar surface area (TPSA) is 83.5 Å². The summed E-state index contributed by atoms with van der Waals surface area (Å²) in [4.78, 5) is 11.2. The standard InChI is InChI=1S/C23H39O7Si3/c1-15(23(29-32(5,6)7)30-33(8,9)10)13-18(31)20-16(11-12-19(24)25)14-17(26-2)21(27-3)22(20)28-4/h11-12,14-15,18,23H,13H2,1-10H3,(H,24,25). The minimum absolute atomic E-state index is 0.0556. The molecule has 0 amide bonds. The van der Waals surface area contributed by atoms with Crippen molar-refractivity contribution in [2.75, 3.05) is 21.3 Å². The van der Waals surface area contributed by atoms with Gasteiger partial charge in [0.1, 0.15) is 6.29 Å². The van der Waals surface area contributed by atoms with E-state index in [0.717, 1.165) is 11.6 Å². The van der Waals surface area contributed by atoms with Crippen molar-refractivity contribution in [3.05, 3.63) is 23.3 Å². The van der Waals surface area contributed by atoms with Crippen molar-refractivity contribution in [2.45, 2.75) is 64.5 Å². The van der Waals surface area contributed by atoms with Crippen molar-refractivity contribution in [3.8, 4) is 17.2 Å². The van der Waals surface area contributed by atoms with Crippen LogP contribution in [0.5, 0.6) is 17.2 Å². The molecule has 1 aromatic rings. The molecule has 1 rings (SSSR count). The molecule has 0 aliphatic rings. The van der Waals surface area contributed by atoms with E-state index in [2.05, 4.69) is 56.4 Å². The Bertz CT molecular complexity index is 813. The molecule has 0 heterocycles. The minimum atomic E-state index is -1.85.